The minimum Gasteiger partial charge on any atom is -0.397 e. The minimum absolute atomic E-state index is 0. The Hall–Kier alpha value is -0.370. The lowest BCUT2D eigenvalue weighted by Gasteiger charge is -1.52. The first-order valence-electron chi connectivity index (χ1n) is 1.84. The van der Waals surface area contributed by atoms with Gasteiger partial charge in [0.2, 0.25) is 0 Å². The second-order valence-corrected chi connectivity index (χ2v) is 0.552. The zero-order valence-corrected chi connectivity index (χ0v) is 4.14. The molecule has 0 rings (SSSR count). The Labute approximate surface area is 45.2 Å². The third-order valence-corrected chi connectivity index (χ3v) is 0. The summed E-state index contributed by atoms with van der Waals surface area (Å²) in [5.74, 6) is 0. The number of aliphatic hydroxyl groups excluding tert-OH is 1. The third-order valence-electron chi connectivity index (χ3n) is 0. The van der Waals surface area contributed by atoms with Crippen molar-refractivity contribution >= 4 is 6.29 Å². The van der Waals surface area contributed by atoms with E-state index in [1.165, 1.54) is 6.92 Å². The minimum atomic E-state index is 0. The Morgan fingerprint density at radius 2 is 1.71 bits per heavy atom. The Morgan fingerprint density at radius 1 is 1.71 bits per heavy atom. The molecule has 0 aromatic rings. The van der Waals surface area contributed by atoms with Gasteiger partial charge in [0.05, 0.1) is 0 Å². The normalized spacial score (nSPS) is 4.43. The summed E-state index contributed by atoms with van der Waals surface area (Å²) in [6, 6.07) is 0. The third kappa shape index (κ3) is 542. The SMILES string of the molecule is C.CC=O.CCO. The average Bonchev–Trinajstić information content (AvgIpc) is 1.39. The lowest BCUT2D eigenvalue weighted by Crippen LogP contribution is -1.57. The molecule has 1 N–H and O–H groups in total. The Kier molecular flexibility index (Phi) is 103. The molecular weight excluding hydrogens is 92.1 g/mol. The summed E-state index contributed by atoms with van der Waals surface area (Å²) in [6.07, 6.45) is 0.750. The summed E-state index contributed by atoms with van der Waals surface area (Å²) in [5, 5.41) is 7.57. The van der Waals surface area contributed by atoms with Crippen molar-refractivity contribution in [1.29, 1.82) is 0 Å². The topological polar surface area (TPSA) is 37.3 Å². The molecule has 7 heavy (non-hydrogen) atoms. The number of rotatable bonds is 0. The summed E-state index contributed by atoms with van der Waals surface area (Å²) in [7, 11) is 0. The molecule has 0 heterocycles. The van der Waals surface area contributed by atoms with Gasteiger partial charge in [0.25, 0.3) is 0 Å². The van der Waals surface area contributed by atoms with Gasteiger partial charge in [-0.2, -0.15) is 0 Å². The van der Waals surface area contributed by atoms with E-state index < -0.39 is 0 Å². The highest BCUT2D eigenvalue weighted by Crippen LogP contribution is 1.30. The van der Waals surface area contributed by atoms with Crippen LogP contribution >= 0.6 is 0 Å². The number of carbonyl (C=O) groups is 1. The molecule has 0 aromatic heterocycles. The number of aldehydes is 1. The number of aliphatic hydroxyl groups is 1. The highest BCUT2D eigenvalue weighted by atomic mass is 16.2. The van der Waals surface area contributed by atoms with Gasteiger partial charge in [-0.05, 0) is 13.8 Å². The van der Waals surface area contributed by atoms with E-state index >= 15 is 0 Å². The van der Waals surface area contributed by atoms with Gasteiger partial charge in [-0.15, -0.1) is 0 Å². The van der Waals surface area contributed by atoms with E-state index in [1.807, 2.05) is 0 Å². The van der Waals surface area contributed by atoms with Crippen LogP contribution in [0.15, 0.2) is 0 Å². The molecule has 0 aromatic carbocycles. The van der Waals surface area contributed by atoms with Crippen LogP contribution in [0.5, 0.6) is 0 Å². The van der Waals surface area contributed by atoms with Crippen LogP contribution in [0.1, 0.15) is 21.3 Å². The van der Waals surface area contributed by atoms with Crippen LogP contribution in [0, 0.1) is 0 Å². The van der Waals surface area contributed by atoms with E-state index in [-0.39, 0.29) is 14.0 Å². The molecule has 0 saturated carbocycles. The largest absolute Gasteiger partial charge is 0.397 e. The van der Waals surface area contributed by atoms with Gasteiger partial charge in [-0.1, -0.05) is 7.43 Å². The first-order valence-corrected chi connectivity index (χ1v) is 1.84. The number of carbonyl (C=O) groups excluding carboxylic acids is 1. The molecule has 0 atom stereocenters. The zero-order valence-electron chi connectivity index (χ0n) is 4.14. The van der Waals surface area contributed by atoms with Gasteiger partial charge in [-0.25, -0.2) is 0 Å². The predicted molar refractivity (Wildman–Crippen MR) is 31.2 cm³/mol. The van der Waals surface area contributed by atoms with Crippen LogP contribution in [0.25, 0.3) is 0 Å². The first kappa shape index (κ1) is 15.9. The molecule has 0 saturated heterocycles. The maximum atomic E-state index is 8.81. The van der Waals surface area contributed by atoms with Crippen LogP contribution in [-0.4, -0.2) is 18.0 Å². The van der Waals surface area contributed by atoms with Gasteiger partial charge in [0.1, 0.15) is 6.29 Å². The maximum absolute atomic E-state index is 8.81. The second kappa shape index (κ2) is 45.4. The summed E-state index contributed by atoms with van der Waals surface area (Å²) in [5.41, 5.74) is 0. The monoisotopic (exact) mass is 106 g/mol. The highest BCUT2D eigenvalue weighted by Gasteiger charge is 1.34. The second-order valence-electron chi connectivity index (χ2n) is 0.552. The summed E-state index contributed by atoms with van der Waals surface area (Å²) >= 11 is 0. The number of hydrogen-bond donors (Lipinski definition) is 1. The molecule has 0 amide bonds. The lowest BCUT2D eigenvalue weighted by molar-refractivity contribution is -0.106. The molecule has 0 bridgehead atoms. The molecule has 0 spiro atoms. The van der Waals surface area contributed by atoms with Crippen LogP contribution in [0.4, 0.5) is 0 Å². The standard InChI is InChI=1S/C2H6O.C2H4O.CH4/c2*1-2-3;/h3H,2H2,1H3;2H,1H3;1H4. The first-order chi connectivity index (χ1) is 2.83. The van der Waals surface area contributed by atoms with E-state index in [0.717, 1.165) is 6.29 Å². The van der Waals surface area contributed by atoms with E-state index in [2.05, 4.69) is 0 Å². The average molecular weight is 106 g/mol. The van der Waals surface area contributed by atoms with Crippen LogP contribution in [0.3, 0.4) is 0 Å². The van der Waals surface area contributed by atoms with Crippen molar-refractivity contribution in [3.8, 4) is 0 Å². The Morgan fingerprint density at radius 3 is 1.71 bits per heavy atom. The van der Waals surface area contributed by atoms with Crippen molar-refractivity contribution in [2.75, 3.05) is 6.61 Å². The molecule has 0 aliphatic carbocycles. The fourth-order valence-corrected chi connectivity index (χ4v) is 0. The van der Waals surface area contributed by atoms with Crippen molar-refractivity contribution < 1.29 is 9.90 Å². The van der Waals surface area contributed by atoms with Gasteiger partial charge >= 0.3 is 0 Å². The van der Waals surface area contributed by atoms with Crippen molar-refractivity contribution in [3.63, 3.8) is 0 Å². The molecule has 0 fully saturated rings. The van der Waals surface area contributed by atoms with Crippen LogP contribution in [-0.2, 0) is 4.79 Å². The van der Waals surface area contributed by atoms with Gasteiger partial charge in [0.15, 0.2) is 0 Å². The summed E-state index contributed by atoms with van der Waals surface area (Å²) in [6.45, 7) is 3.38. The van der Waals surface area contributed by atoms with E-state index in [9.17, 15) is 0 Å². The molecule has 0 radical (unpaired) electrons. The quantitative estimate of drug-likeness (QED) is 0.464. The summed E-state index contributed by atoms with van der Waals surface area (Å²) < 4.78 is 0. The lowest BCUT2D eigenvalue weighted by atomic mass is 10.9. The summed E-state index contributed by atoms with van der Waals surface area (Å²) in [4.78, 5) is 8.81. The van der Waals surface area contributed by atoms with Crippen LogP contribution < -0.4 is 0 Å². The molecular formula is C5H14O2. The molecule has 0 aliphatic heterocycles. The zero-order chi connectivity index (χ0) is 5.41. The van der Waals surface area contributed by atoms with Crippen molar-refractivity contribution in [1.82, 2.24) is 0 Å². The predicted octanol–water partition coefficient (Wildman–Crippen LogP) is 0.840. The fraction of sp³-hybridized carbons (Fsp3) is 0.800. The highest BCUT2D eigenvalue weighted by molar-refractivity contribution is 5.44. The van der Waals surface area contributed by atoms with Crippen molar-refractivity contribution in [2.45, 2.75) is 21.3 Å². The smallest absolute Gasteiger partial charge is 0.116 e. The molecule has 2 heteroatoms. The van der Waals surface area contributed by atoms with Gasteiger partial charge < -0.3 is 9.90 Å². The molecule has 2 nitrogen and oxygen atoms in total. The van der Waals surface area contributed by atoms with Crippen molar-refractivity contribution in [3.05, 3.63) is 0 Å². The Bertz CT molecular complexity index is 20.0. The van der Waals surface area contributed by atoms with Crippen LogP contribution in [0.2, 0.25) is 0 Å². The van der Waals surface area contributed by atoms with Gasteiger partial charge in [-0.3, -0.25) is 0 Å². The Balaban J connectivity index is -0.0000000400. The maximum Gasteiger partial charge on any atom is 0.116 e. The fourth-order valence-electron chi connectivity index (χ4n) is 0. The van der Waals surface area contributed by atoms with Crippen molar-refractivity contribution in [2.24, 2.45) is 0 Å². The van der Waals surface area contributed by atoms with E-state index in [1.54, 1.807) is 6.92 Å². The van der Waals surface area contributed by atoms with Gasteiger partial charge in [0, 0.05) is 6.61 Å². The molecule has 46 valence electrons. The molecule has 0 unspecified atom stereocenters. The van der Waals surface area contributed by atoms with E-state index in [0.29, 0.717) is 0 Å². The molecule has 0 aliphatic rings. The number of hydrogen-bond acceptors (Lipinski definition) is 2. The van der Waals surface area contributed by atoms with E-state index in [4.69, 9.17) is 9.90 Å².